The fourth-order valence-electron chi connectivity index (χ4n) is 4.09. The molecule has 2 aromatic rings. The van der Waals surface area contributed by atoms with Gasteiger partial charge >= 0.3 is 12.1 Å². The summed E-state index contributed by atoms with van der Waals surface area (Å²) in [5.41, 5.74) is 3.83. The van der Waals surface area contributed by atoms with E-state index in [9.17, 15) is 18.0 Å². The van der Waals surface area contributed by atoms with Gasteiger partial charge in [-0.3, -0.25) is 4.79 Å². The molecule has 1 N–H and O–H groups in total. The number of rotatable bonds is 13. The summed E-state index contributed by atoms with van der Waals surface area (Å²) in [7, 11) is 0. The van der Waals surface area contributed by atoms with Gasteiger partial charge in [0.15, 0.2) is 18.1 Å². The van der Waals surface area contributed by atoms with Crippen LogP contribution in [0.5, 0.6) is 11.5 Å². The van der Waals surface area contributed by atoms with Crippen molar-refractivity contribution in [1.29, 1.82) is 0 Å². The minimum Gasteiger partial charge on any atom is -0.488 e. The van der Waals surface area contributed by atoms with Crippen molar-refractivity contribution >= 4 is 11.7 Å². The Morgan fingerprint density at radius 3 is 2.57 bits per heavy atom. The summed E-state index contributed by atoms with van der Waals surface area (Å²) in [5.74, 6) is 0.129. The minimum absolute atomic E-state index is 0.0800. The zero-order chi connectivity index (χ0) is 25.3. The number of para-hydroxylation sites is 2. The Hall–Kier alpha value is -2.94. The van der Waals surface area contributed by atoms with Crippen LogP contribution in [0.25, 0.3) is 0 Å². The molecule has 0 saturated heterocycles. The average Bonchev–Trinajstić information content (AvgIpc) is 3.20. The molecule has 2 aromatic carbocycles. The number of carbonyl (C=O) groups is 1. The number of nitrogens with one attached hydrogen (secondary N) is 1. The van der Waals surface area contributed by atoms with E-state index in [1.54, 1.807) is 18.2 Å². The van der Waals surface area contributed by atoms with E-state index >= 15 is 0 Å². The monoisotopic (exact) mass is 494 g/mol. The molecular weight excluding hydrogens is 461 g/mol. The normalized spacial score (nSPS) is 13.9. The Bertz CT molecular complexity index is 968. The zero-order valence-corrected chi connectivity index (χ0v) is 20.2. The fraction of sp³-hybridized carbons (Fsp3) is 0.500. The third-order valence-corrected chi connectivity index (χ3v) is 5.65. The van der Waals surface area contributed by atoms with Crippen molar-refractivity contribution in [3.05, 3.63) is 53.6 Å². The van der Waals surface area contributed by atoms with Crippen molar-refractivity contribution in [1.82, 2.24) is 5.32 Å². The summed E-state index contributed by atoms with van der Waals surface area (Å²) in [5, 5.41) is 3.40. The minimum atomic E-state index is -4.40. The van der Waals surface area contributed by atoms with Crippen LogP contribution in [0.3, 0.4) is 0 Å². The molecule has 0 amide bonds. The van der Waals surface area contributed by atoms with Gasteiger partial charge in [0.25, 0.3) is 0 Å². The number of anilines is 1. The average molecular weight is 495 g/mol. The maximum absolute atomic E-state index is 12.4. The molecule has 0 saturated carbocycles. The van der Waals surface area contributed by atoms with Crippen molar-refractivity contribution in [3.8, 4) is 11.5 Å². The number of alkyl halides is 3. The van der Waals surface area contributed by atoms with E-state index in [4.69, 9.17) is 14.2 Å². The molecule has 0 fully saturated rings. The van der Waals surface area contributed by atoms with Crippen molar-refractivity contribution < 1.29 is 32.2 Å². The fourth-order valence-corrected chi connectivity index (χ4v) is 4.09. The molecule has 0 bridgehead atoms. The van der Waals surface area contributed by atoms with E-state index in [2.05, 4.69) is 35.3 Å². The van der Waals surface area contributed by atoms with Gasteiger partial charge in [-0.2, -0.15) is 13.2 Å². The molecule has 6 nitrogen and oxygen atoms in total. The van der Waals surface area contributed by atoms with Gasteiger partial charge in [-0.15, -0.1) is 0 Å². The molecule has 192 valence electrons. The van der Waals surface area contributed by atoms with Crippen LogP contribution in [0.1, 0.15) is 31.4 Å². The van der Waals surface area contributed by atoms with Gasteiger partial charge in [0.1, 0.15) is 6.61 Å². The van der Waals surface area contributed by atoms with Crippen molar-refractivity contribution in [2.45, 2.75) is 45.3 Å². The van der Waals surface area contributed by atoms with Crippen LogP contribution in [-0.2, 0) is 22.4 Å². The summed E-state index contributed by atoms with van der Waals surface area (Å²) in [6, 6.07) is 13.1. The lowest BCUT2D eigenvalue weighted by Crippen LogP contribution is -2.32. The molecule has 0 aliphatic carbocycles. The molecule has 1 aliphatic rings. The second-order valence-corrected chi connectivity index (χ2v) is 8.65. The molecule has 0 aromatic heterocycles. The number of esters is 1. The first-order valence-corrected chi connectivity index (χ1v) is 11.9. The van der Waals surface area contributed by atoms with Crippen LogP contribution in [0.4, 0.5) is 18.9 Å². The molecule has 0 radical (unpaired) electrons. The van der Waals surface area contributed by atoms with Crippen LogP contribution in [0.15, 0.2) is 42.5 Å². The van der Waals surface area contributed by atoms with Crippen LogP contribution in [0.2, 0.25) is 0 Å². The second-order valence-electron chi connectivity index (χ2n) is 8.65. The maximum atomic E-state index is 12.4. The van der Waals surface area contributed by atoms with Gasteiger partial charge in [0.05, 0.1) is 6.61 Å². The first-order chi connectivity index (χ1) is 16.7. The number of fused-ring (bicyclic) bond motifs is 1. The van der Waals surface area contributed by atoms with Gasteiger partial charge in [-0.05, 0) is 55.5 Å². The van der Waals surface area contributed by atoms with Crippen LogP contribution in [-0.4, -0.2) is 57.6 Å². The molecule has 0 spiro atoms. The summed E-state index contributed by atoms with van der Waals surface area (Å²) in [6.07, 6.45) is -1.73. The molecule has 1 atom stereocenters. The van der Waals surface area contributed by atoms with Gasteiger partial charge < -0.3 is 24.4 Å². The molecule has 9 heteroatoms. The highest BCUT2D eigenvalue weighted by Crippen LogP contribution is 2.30. The first-order valence-electron chi connectivity index (χ1n) is 11.9. The first kappa shape index (κ1) is 26.7. The Kier molecular flexibility index (Phi) is 9.65. The molecule has 3 rings (SSSR count). The zero-order valence-electron chi connectivity index (χ0n) is 20.2. The van der Waals surface area contributed by atoms with Gasteiger partial charge in [0, 0.05) is 38.3 Å². The van der Waals surface area contributed by atoms with Gasteiger partial charge in [0.2, 0.25) is 0 Å². The van der Waals surface area contributed by atoms with E-state index in [0.29, 0.717) is 25.5 Å². The highest BCUT2D eigenvalue weighted by molar-refractivity contribution is 5.65. The topological polar surface area (TPSA) is 60.0 Å². The van der Waals surface area contributed by atoms with Crippen molar-refractivity contribution in [2.75, 3.05) is 44.4 Å². The summed E-state index contributed by atoms with van der Waals surface area (Å²) in [6.45, 7) is 5.30. The van der Waals surface area contributed by atoms with Gasteiger partial charge in [-0.25, -0.2) is 0 Å². The highest BCUT2D eigenvalue weighted by atomic mass is 19.4. The smallest absolute Gasteiger partial charge is 0.422 e. The SMILES string of the molecule is CC(=O)OCCCN1CCc2cc(C[C@@H](C)NCCOc3ccccc3OCC(F)(F)F)ccc21. The Morgan fingerprint density at radius 1 is 1.11 bits per heavy atom. The largest absolute Gasteiger partial charge is 0.488 e. The lowest BCUT2D eigenvalue weighted by Gasteiger charge is -2.20. The lowest BCUT2D eigenvalue weighted by atomic mass is 10.0. The third-order valence-electron chi connectivity index (χ3n) is 5.65. The summed E-state index contributed by atoms with van der Waals surface area (Å²) in [4.78, 5) is 13.2. The van der Waals surface area contributed by atoms with Crippen LogP contribution < -0.4 is 19.7 Å². The third kappa shape index (κ3) is 8.98. The summed E-state index contributed by atoms with van der Waals surface area (Å²) >= 11 is 0. The predicted molar refractivity (Wildman–Crippen MR) is 128 cm³/mol. The number of hydrogen-bond donors (Lipinski definition) is 1. The number of nitrogens with zero attached hydrogens (tertiary/aromatic N) is 1. The van der Waals surface area contributed by atoms with Crippen LogP contribution >= 0.6 is 0 Å². The Labute approximate surface area is 204 Å². The molecule has 0 unspecified atom stereocenters. The van der Waals surface area contributed by atoms with Crippen LogP contribution in [0, 0.1) is 0 Å². The van der Waals surface area contributed by atoms with E-state index in [-0.39, 0.29) is 17.8 Å². The second kappa shape index (κ2) is 12.7. The number of hydrogen-bond acceptors (Lipinski definition) is 6. The molecule has 35 heavy (non-hydrogen) atoms. The number of carbonyl (C=O) groups excluding carboxylic acids is 1. The van der Waals surface area contributed by atoms with Crippen molar-refractivity contribution in [2.24, 2.45) is 0 Å². The number of benzene rings is 2. The van der Waals surface area contributed by atoms with Crippen molar-refractivity contribution in [3.63, 3.8) is 0 Å². The maximum Gasteiger partial charge on any atom is 0.422 e. The Balaban J connectivity index is 1.40. The lowest BCUT2D eigenvalue weighted by molar-refractivity contribution is -0.153. The van der Waals surface area contributed by atoms with E-state index in [1.807, 2.05) is 0 Å². The highest BCUT2D eigenvalue weighted by Gasteiger charge is 2.29. The molecule has 1 aliphatic heterocycles. The van der Waals surface area contributed by atoms with E-state index < -0.39 is 12.8 Å². The van der Waals surface area contributed by atoms with E-state index in [0.717, 1.165) is 32.4 Å². The standard InChI is InChI=1S/C26H33F3N2O4/c1-19(30-11-15-34-24-6-3-4-7-25(24)35-18-26(27,28)29)16-21-8-9-23-22(17-21)10-13-31(23)12-5-14-33-20(2)32/h3-4,6-9,17,19,30H,5,10-16,18H2,1-2H3/t19-/m1/s1. The number of halogens is 3. The van der Waals surface area contributed by atoms with Gasteiger partial charge in [-0.1, -0.05) is 24.3 Å². The molecule has 1 heterocycles. The molecular formula is C26H33F3N2O4. The van der Waals surface area contributed by atoms with E-state index in [1.165, 1.54) is 29.8 Å². The quantitative estimate of drug-likeness (QED) is 0.326. The number of ether oxygens (including phenoxy) is 3. The predicted octanol–water partition coefficient (Wildman–Crippen LogP) is 4.54. The summed E-state index contributed by atoms with van der Waals surface area (Å²) < 4.78 is 52.8. The Morgan fingerprint density at radius 2 is 1.86 bits per heavy atom.